The molecule has 0 bridgehead atoms. The molecule has 1 saturated heterocycles. The molecule has 1 aliphatic heterocycles. The summed E-state index contributed by atoms with van der Waals surface area (Å²) in [6, 6.07) is 0. The fourth-order valence-corrected chi connectivity index (χ4v) is 2.10. The Morgan fingerprint density at radius 3 is 2.93 bits per heavy atom. The van der Waals surface area contributed by atoms with E-state index in [4.69, 9.17) is 5.11 Å². The monoisotopic (exact) mass is 211 g/mol. The van der Waals surface area contributed by atoms with Gasteiger partial charge in [0.15, 0.2) is 0 Å². The smallest absolute Gasteiger partial charge is 0.328 e. The molecule has 1 rings (SSSR count). The molecule has 0 amide bonds. The zero-order chi connectivity index (χ0) is 11.3. The molecule has 3 heteroatoms. The normalized spacial score (nSPS) is 23.8. The molecule has 1 aliphatic rings. The van der Waals surface area contributed by atoms with Crippen molar-refractivity contribution < 1.29 is 9.90 Å². The number of rotatable bonds is 4. The lowest BCUT2D eigenvalue weighted by Gasteiger charge is -2.34. The highest BCUT2D eigenvalue weighted by atomic mass is 16.4. The van der Waals surface area contributed by atoms with E-state index in [1.807, 2.05) is 0 Å². The maximum atomic E-state index is 10.3. The molecule has 1 unspecified atom stereocenters. The Morgan fingerprint density at radius 1 is 1.60 bits per heavy atom. The predicted octanol–water partition coefficient (Wildman–Crippen LogP) is 2.00. The van der Waals surface area contributed by atoms with Crippen LogP contribution in [0.2, 0.25) is 0 Å². The quantitative estimate of drug-likeness (QED) is 0.723. The van der Waals surface area contributed by atoms with E-state index in [2.05, 4.69) is 18.7 Å². The lowest BCUT2D eigenvalue weighted by molar-refractivity contribution is -0.131. The van der Waals surface area contributed by atoms with Crippen molar-refractivity contribution in [3.63, 3.8) is 0 Å². The molecule has 3 nitrogen and oxygen atoms in total. The van der Waals surface area contributed by atoms with Gasteiger partial charge in [0.05, 0.1) is 0 Å². The Kier molecular flexibility index (Phi) is 4.82. The van der Waals surface area contributed by atoms with Gasteiger partial charge in [-0.1, -0.05) is 19.9 Å². The molecular weight excluding hydrogens is 190 g/mol. The molecule has 0 aromatic heterocycles. The van der Waals surface area contributed by atoms with Crippen LogP contribution in [0.1, 0.15) is 26.7 Å². The van der Waals surface area contributed by atoms with Gasteiger partial charge in [-0.3, -0.25) is 4.90 Å². The van der Waals surface area contributed by atoms with E-state index in [1.165, 1.54) is 18.9 Å². The van der Waals surface area contributed by atoms with Gasteiger partial charge in [0.2, 0.25) is 0 Å². The minimum Gasteiger partial charge on any atom is -0.478 e. The molecule has 1 fully saturated rings. The van der Waals surface area contributed by atoms with Crippen molar-refractivity contribution in [1.29, 1.82) is 0 Å². The Bertz CT molecular complexity index is 236. The lowest BCUT2D eigenvalue weighted by atomic mass is 9.88. The Labute approximate surface area is 91.8 Å². The Balaban J connectivity index is 2.33. The average Bonchev–Trinajstić information content (AvgIpc) is 2.17. The first kappa shape index (κ1) is 12.2. The molecule has 86 valence electrons. The van der Waals surface area contributed by atoms with Crippen molar-refractivity contribution in [3.05, 3.63) is 12.2 Å². The van der Waals surface area contributed by atoms with Crippen molar-refractivity contribution in [2.75, 3.05) is 19.6 Å². The molecule has 1 N–H and O–H groups in total. The van der Waals surface area contributed by atoms with Crippen LogP contribution < -0.4 is 0 Å². The summed E-state index contributed by atoms with van der Waals surface area (Å²) in [6.45, 7) is 7.52. The lowest BCUT2D eigenvalue weighted by Crippen LogP contribution is -2.37. The van der Waals surface area contributed by atoms with E-state index in [-0.39, 0.29) is 0 Å². The van der Waals surface area contributed by atoms with Gasteiger partial charge >= 0.3 is 5.97 Å². The number of hydrogen-bond donors (Lipinski definition) is 1. The summed E-state index contributed by atoms with van der Waals surface area (Å²) < 4.78 is 0. The number of carboxylic acid groups (broad SMARTS) is 1. The summed E-state index contributed by atoms with van der Waals surface area (Å²) in [6.07, 6.45) is 5.53. The third-order valence-electron chi connectivity index (χ3n) is 3.11. The second kappa shape index (κ2) is 5.91. The molecule has 1 heterocycles. The van der Waals surface area contributed by atoms with E-state index in [9.17, 15) is 4.79 Å². The molecule has 0 radical (unpaired) electrons. The summed E-state index contributed by atoms with van der Waals surface area (Å²) in [5, 5.41) is 8.48. The highest BCUT2D eigenvalue weighted by molar-refractivity contribution is 5.79. The van der Waals surface area contributed by atoms with Crippen molar-refractivity contribution in [3.8, 4) is 0 Å². The number of nitrogens with zero attached hydrogens (tertiary/aromatic N) is 1. The number of likely N-dealkylation sites (tertiary alicyclic amines) is 1. The van der Waals surface area contributed by atoms with Crippen LogP contribution in [0.3, 0.4) is 0 Å². The van der Waals surface area contributed by atoms with Crippen LogP contribution >= 0.6 is 0 Å². The largest absolute Gasteiger partial charge is 0.478 e. The predicted molar refractivity (Wildman–Crippen MR) is 60.8 cm³/mol. The van der Waals surface area contributed by atoms with Crippen LogP contribution in [-0.2, 0) is 4.79 Å². The van der Waals surface area contributed by atoms with Crippen LogP contribution in [0.4, 0.5) is 0 Å². The fourth-order valence-electron chi connectivity index (χ4n) is 2.10. The second-order valence-corrected chi connectivity index (χ2v) is 4.65. The Morgan fingerprint density at radius 2 is 2.33 bits per heavy atom. The van der Waals surface area contributed by atoms with Crippen LogP contribution in [-0.4, -0.2) is 35.6 Å². The summed E-state index contributed by atoms with van der Waals surface area (Å²) >= 11 is 0. The maximum Gasteiger partial charge on any atom is 0.328 e. The van der Waals surface area contributed by atoms with Crippen LogP contribution in [0.15, 0.2) is 12.2 Å². The first-order valence-corrected chi connectivity index (χ1v) is 5.71. The van der Waals surface area contributed by atoms with Crippen molar-refractivity contribution in [2.45, 2.75) is 26.7 Å². The number of piperidine rings is 1. The third-order valence-corrected chi connectivity index (χ3v) is 3.11. The molecule has 1 atom stereocenters. The highest BCUT2D eigenvalue weighted by Gasteiger charge is 2.21. The van der Waals surface area contributed by atoms with Gasteiger partial charge in [-0.15, -0.1) is 0 Å². The number of carboxylic acids is 1. The van der Waals surface area contributed by atoms with E-state index in [0.717, 1.165) is 31.5 Å². The summed E-state index contributed by atoms with van der Waals surface area (Å²) in [5.41, 5.74) is 0. The van der Waals surface area contributed by atoms with Crippen molar-refractivity contribution >= 4 is 5.97 Å². The van der Waals surface area contributed by atoms with E-state index < -0.39 is 5.97 Å². The van der Waals surface area contributed by atoms with Crippen molar-refractivity contribution in [1.82, 2.24) is 4.90 Å². The standard InChI is InChI=1S/C12H21NO2/c1-10(2)11-5-3-7-13(9-11)8-4-6-12(14)15/h4,6,10-11H,3,5,7-9H2,1-2H3,(H,14,15). The van der Waals surface area contributed by atoms with Gasteiger partial charge in [0.1, 0.15) is 0 Å². The number of carbonyl (C=O) groups is 1. The molecule has 0 aliphatic carbocycles. The van der Waals surface area contributed by atoms with E-state index in [0.29, 0.717) is 0 Å². The molecule has 0 aromatic rings. The van der Waals surface area contributed by atoms with E-state index >= 15 is 0 Å². The summed E-state index contributed by atoms with van der Waals surface area (Å²) in [4.78, 5) is 12.6. The number of hydrogen-bond acceptors (Lipinski definition) is 2. The SMILES string of the molecule is CC(C)C1CCCN(CC=CC(=O)O)C1. The molecule has 15 heavy (non-hydrogen) atoms. The van der Waals surface area contributed by atoms with Gasteiger partial charge in [0.25, 0.3) is 0 Å². The summed E-state index contributed by atoms with van der Waals surface area (Å²) in [5.74, 6) is 0.653. The minimum atomic E-state index is -0.854. The van der Waals surface area contributed by atoms with Gasteiger partial charge in [-0.25, -0.2) is 4.79 Å². The third kappa shape index (κ3) is 4.47. The molecule has 0 aromatic carbocycles. The average molecular weight is 211 g/mol. The zero-order valence-electron chi connectivity index (χ0n) is 9.65. The minimum absolute atomic E-state index is 0.733. The van der Waals surface area contributed by atoms with Gasteiger partial charge in [-0.05, 0) is 31.2 Å². The van der Waals surface area contributed by atoms with Crippen LogP contribution in [0, 0.1) is 11.8 Å². The highest BCUT2D eigenvalue weighted by Crippen LogP contribution is 2.23. The van der Waals surface area contributed by atoms with Gasteiger partial charge in [0, 0.05) is 19.2 Å². The maximum absolute atomic E-state index is 10.3. The van der Waals surface area contributed by atoms with Crippen LogP contribution in [0.5, 0.6) is 0 Å². The molecular formula is C12H21NO2. The van der Waals surface area contributed by atoms with Gasteiger partial charge in [-0.2, -0.15) is 0 Å². The Hall–Kier alpha value is -0.830. The fraction of sp³-hybridized carbons (Fsp3) is 0.750. The zero-order valence-corrected chi connectivity index (χ0v) is 9.65. The molecule has 0 spiro atoms. The topological polar surface area (TPSA) is 40.5 Å². The van der Waals surface area contributed by atoms with Gasteiger partial charge < -0.3 is 5.11 Å². The van der Waals surface area contributed by atoms with Crippen molar-refractivity contribution in [2.24, 2.45) is 11.8 Å². The number of aliphatic carboxylic acids is 1. The second-order valence-electron chi connectivity index (χ2n) is 4.65. The van der Waals surface area contributed by atoms with Crippen LogP contribution in [0.25, 0.3) is 0 Å². The first-order chi connectivity index (χ1) is 7.09. The van der Waals surface area contributed by atoms with E-state index in [1.54, 1.807) is 6.08 Å². The summed E-state index contributed by atoms with van der Waals surface area (Å²) in [7, 11) is 0. The first-order valence-electron chi connectivity index (χ1n) is 5.71. The molecule has 0 saturated carbocycles.